The Labute approximate surface area is 192 Å². The van der Waals surface area contributed by atoms with Gasteiger partial charge in [-0.3, -0.25) is 4.79 Å². The molecule has 34 heavy (non-hydrogen) atoms. The zero-order chi connectivity index (χ0) is 25.5. The molecule has 3 N–H and O–H groups in total. The fourth-order valence-electron chi connectivity index (χ4n) is 2.77. The second-order valence-corrected chi connectivity index (χ2v) is 8.74. The van der Waals surface area contributed by atoms with Gasteiger partial charge in [0.05, 0.1) is 23.9 Å². The van der Waals surface area contributed by atoms with Crippen LogP contribution in [-0.4, -0.2) is 29.3 Å². The molecule has 0 atom stereocenters. The highest BCUT2D eigenvalue weighted by atomic mass is 35.5. The number of anilines is 1. The second-order valence-electron chi connectivity index (χ2n) is 6.80. The molecule has 0 unspecified atom stereocenters. The summed E-state index contributed by atoms with van der Waals surface area (Å²) in [6, 6.07) is 5.50. The van der Waals surface area contributed by atoms with Gasteiger partial charge in [0, 0.05) is 10.7 Å². The van der Waals surface area contributed by atoms with Crippen molar-refractivity contribution in [2.24, 2.45) is 5.14 Å². The van der Waals surface area contributed by atoms with E-state index in [2.05, 4.69) is 15.6 Å². The molecule has 1 heterocycles. The molecular weight excluding hydrogens is 516 g/mol. The third-order valence-corrected chi connectivity index (χ3v) is 5.60. The molecule has 3 aromatic rings. The van der Waals surface area contributed by atoms with Gasteiger partial charge < -0.3 is 5.32 Å². The van der Waals surface area contributed by atoms with Crippen LogP contribution in [-0.2, 0) is 33.6 Å². The molecule has 0 aliphatic carbocycles. The Hall–Kier alpha value is -3.17. The van der Waals surface area contributed by atoms with Gasteiger partial charge in [-0.15, -0.1) is 5.10 Å². The molecule has 0 aliphatic rings. The van der Waals surface area contributed by atoms with E-state index in [1.165, 1.54) is 0 Å². The lowest BCUT2D eigenvalue weighted by atomic mass is 10.1. The molecule has 0 fully saturated rings. The maximum atomic E-state index is 12.8. The number of benzene rings is 2. The molecule has 3 rings (SSSR count). The number of alkyl halides is 6. The molecule has 8 nitrogen and oxygen atoms in total. The summed E-state index contributed by atoms with van der Waals surface area (Å²) < 4.78 is 101. The maximum absolute atomic E-state index is 12.8. The zero-order valence-corrected chi connectivity index (χ0v) is 18.0. The first kappa shape index (κ1) is 25.5. The van der Waals surface area contributed by atoms with Crippen molar-refractivity contribution in [2.45, 2.75) is 23.7 Å². The summed E-state index contributed by atoms with van der Waals surface area (Å²) in [6.07, 6.45) is -9.45. The van der Waals surface area contributed by atoms with Crippen molar-refractivity contribution in [3.05, 3.63) is 64.4 Å². The number of halogens is 7. The average molecular weight is 528 g/mol. The fraction of sp³-hybridized carbons (Fsp3) is 0.167. The lowest BCUT2D eigenvalue weighted by Crippen LogP contribution is -2.18. The number of carbonyl (C=O) groups excluding carboxylic acids is 1. The quantitative estimate of drug-likeness (QED) is 0.489. The third-order valence-electron chi connectivity index (χ3n) is 4.31. The van der Waals surface area contributed by atoms with Crippen LogP contribution in [0.25, 0.3) is 5.69 Å². The normalized spacial score (nSPS) is 12.6. The number of aromatic nitrogens is 3. The topological polar surface area (TPSA) is 120 Å². The van der Waals surface area contributed by atoms with Gasteiger partial charge >= 0.3 is 12.4 Å². The largest absolute Gasteiger partial charge is 0.436 e. The Balaban J connectivity index is 1.86. The lowest BCUT2D eigenvalue weighted by Gasteiger charge is -2.12. The molecule has 2 aromatic carbocycles. The maximum Gasteiger partial charge on any atom is 0.436 e. The summed E-state index contributed by atoms with van der Waals surface area (Å²) in [4.78, 5) is 11.7. The number of amides is 1. The van der Waals surface area contributed by atoms with Crippen molar-refractivity contribution >= 4 is 33.2 Å². The SMILES string of the molecule is NS(=O)(=O)c1cc(NC(=O)Cc2ccc(C(F)(F)F)cc2Cl)ccc1-n1cc(C(F)(F)F)nn1. The molecule has 0 spiro atoms. The summed E-state index contributed by atoms with van der Waals surface area (Å²) in [5, 5.41) is 13.3. The minimum absolute atomic E-state index is 0.0674. The van der Waals surface area contributed by atoms with Gasteiger partial charge in [0.1, 0.15) is 4.90 Å². The van der Waals surface area contributed by atoms with Gasteiger partial charge in [0.15, 0.2) is 5.69 Å². The van der Waals surface area contributed by atoms with E-state index in [0.29, 0.717) is 16.9 Å². The Kier molecular flexibility index (Phi) is 6.65. The van der Waals surface area contributed by atoms with E-state index in [9.17, 15) is 39.6 Å². The number of nitrogens with zero attached hydrogens (tertiary/aromatic N) is 3. The Morgan fingerprint density at radius 2 is 1.74 bits per heavy atom. The second kappa shape index (κ2) is 8.88. The van der Waals surface area contributed by atoms with Crippen LogP contribution in [0.2, 0.25) is 5.02 Å². The van der Waals surface area contributed by atoms with Crippen molar-refractivity contribution in [1.82, 2.24) is 15.0 Å². The number of sulfonamides is 1. The highest BCUT2D eigenvalue weighted by Gasteiger charge is 2.35. The van der Waals surface area contributed by atoms with Gasteiger partial charge in [-0.25, -0.2) is 18.2 Å². The van der Waals surface area contributed by atoms with Crippen LogP contribution in [0.1, 0.15) is 16.8 Å². The predicted octanol–water partition coefficient (Wildman–Crippen LogP) is 3.79. The number of primary sulfonamides is 1. The van der Waals surface area contributed by atoms with E-state index >= 15 is 0 Å². The van der Waals surface area contributed by atoms with Crippen molar-refractivity contribution in [3.8, 4) is 5.69 Å². The smallest absolute Gasteiger partial charge is 0.326 e. The van der Waals surface area contributed by atoms with Gasteiger partial charge in [-0.1, -0.05) is 22.9 Å². The van der Waals surface area contributed by atoms with Gasteiger partial charge in [-0.05, 0) is 35.9 Å². The number of nitrogens with two attached hydrogens (primary N) is 1. The number of nitrogens with one attached hydrogen (secondary N) is 1. The number of carbonyl (C=O) groups is 1. The van der Waals surface area contributed by atoms with Crippen LogP contribution >= 0.6 is 11.6 Å². The van der Waals surface area contributed by atoms with Crippen molar-refractivity contribution in [3.63, 3.8) is 0 Å². The average Bonchev–Trinajstić information content (AvgIpc) is 3.18. The van der Waals surface area contributed by atoms with Crippen LogP contribution in [0.15, 0.2) is 47.5 Å². The van der Waals surface area contributed by atoms with Gasteiger partial charge in [-0.2, -0.15) is 26.3 Å². The van der Waals surface area contributed by atoms with Crippen LogP contribution in [0, 0.1) is 0 Å². The molecule has 1 aromatic heterocycles. The van der Waals surface area contributed by atoms with Crippen LogP contribution < -0.4 is 10.5 Å². The number of rotatable bonds is 5. The molecule has 16 heteroatoms. The highest BCUT2D eigenvalue weighted by Crippen LogP contribution is 2.32. The van der Waals surface area contributed by atoms with Crippen molar-refractivity contribution in [1.29, 1.82) is 0 Å². The minimum Gasteiger partial charge on any atom is -0.326 e. The Morgan fingerprint density at radius 3 is 2.26 bits per heavy atom. The summed E-state index contributed by atoms with van der Waals surface area (Å²) in [5.74, 6) is -0.769. The highest BCUT2D eigenvalue weighted by molar-refractivity contribution is 7.89. The first-order chi connectivity index (χ1) is 15.6. The molecule has 0 radical (unpaired) electrons. The van der Waals surface area contributed by atoms with Gasteiger partial charge in [0.2, 0.25) is 15.9 Å². The Bertz CT molecular complexity index is 1350. The minimum atomic E-state index is -4.83. The van der Waals surface area contributed by atoms with E-state index in [-0.39, 0.29) is 22.0 Å². The van der Waals surface area contributed by atoms with E-state index in [0.717, 1.165) is 30.3 Å². The molecule has 1 amide bonds. The summed E-state index contributed by atoms with van der Waals surface area (Å²) in [7, 11) is -4.50. The predicted molar refractivity (Wildman–Crippen MR) is 107 cm³/mol. The van der Waals surface area contributed by atoms with E-state index < -0.39 is 50.9 Å². The molecule has 0 saturated heterocycles. The van der Waals surface area contributed by atoms with Crippen molar-refractivity contribution < 1.29 is 39.6 Å². The summed E-state index contributed by atoms with van der Waals surface area (Å²) in [6.45, 7) is 0. The molecule has 0 saturated carbocycles. The third kappa shape index (κ3) is 5.84. The molecule has 0 aliphatic heterocycles. The fourth-order valence-corrected chi connectivity index (χ4v) is 3.76. The number of hydrogen-bond acceptors (Lipinski definition) is 5. The lowest BCUT2D eigenvalue weighted by molar-refractivity contribution is -0.141. The van der Waals surface area contributed by atoms with Crippen LogP contribution in [0.4, 0.5) is 32.0 Å². The summed E-state index contributed by atoms with van der Waals surface area (Å²) >= 11 is 5.82. The van der Waals surface area contributed by atoms with Crippen molar-refractivity contribution in [2.75, 3.05) is 5.32 Å². The molecule has 182 valence electrons. The van der Waals surface area contributed by atoms with Gasteiger partial charge in [0.25, 0.3) is 0 Å². The standard InChI is InChI=1S/C18H12ClF6N5O3S/c19-12-6-10(17(20,21)22)2-1-9(12)5-16(31)27-11-3-4-13(14(7-11)34(26,32)33)30-8-15(28-29-30)18(23,24)25/h1-4,6-8H,5H2,(H,27,31)(H2,26,32,33). The van der Waals surface area contributed by atoms with E-state index in [4.69, 9.17) is 16.7 Å². The van der Waals surface area contributed by atoms with E-state index in [1.807, 2.05) is 0 Å². The molecular formula is C18H12ClF6N5O3S. The first-order valence-electron chi connectivity index (χ1n) is 8.88. The monoisotopic (exact) mass is 527 g/mol. The number of hydrogen-bond donors (Lipinski definition) is 2. The van der Waals surface area contributed by atoms with Crippen LogP contribution in [0.5, 0.6) is 0 Å². The molecule has 0 bridgehead atoms. The first-order valence-corrected chi connectivity index (χ1v) is 10.8. The zero-order valence-electron chi connectivity index (χ0n) is 16.4. The van der Waals surface area contributed by atoms with Crippen LogP contribution in [0.3, 0.4) is 0 Å². The Morgan fingerprint density at radius 1 is 1.06 bits per heavy atom. The summed E-state index contributed by atoms with van der Waals surface area (Å²) in [5.41, 5.74) is -2.79. The van der Waals surface area contributed by atoms with E-state index in [1.54, 1.807) is 0 Å².